The van der Waals surface area contributed by atoms with Gasteiger partial charge in [0.2, 0.25) is 5.91 Å². The van der Waals surface area contributed by atoms with Gasteiger partial charge in [-0.1, -0.05) is 0 Å². The van der Waals surface area contributed by atoms with Gasteiger partial charge in [-0.05, 0) is 25.1 Å². The van der Waals surface area contributed by atoms with E-state index in [0.717, 1.165) is 5.69 Å². The molecule has 0 bridgehead atoms. The van der Waals surface area contributed by atoms with E-state index in [2.05, 4.69) is 5.32 Å². The predicted molar refractivity (Wildman–Crippen MR) is 79.0 cm³/mol. The Hall–Kier alpha value is -2.08. The second kappa shape index (κ2) is 7.08. The summed E-state index contributed by atoms with van der Waals surface area (Å²) in [4.78, 5) is 25.3. The Bertz CT molecular complexity index is 530. The third-order valence-electron chi connectivity index (χ3n) is 3.29. The van der Waals surface area contributed by atoms with E-state index < -0.39 is 0 Å². The number of anilines is 1. The Kier molecular flexibility index (Phi) is 5.16. The molecule has 0 saturated heterocycles. The lowest BCUT2D eigenvalue weighted by Gasteiger charge is -2.31. The van der Waals surface area contributed by atoms with E-state index in [4.69, 9.17) is 9.47 Å². The molecule has 114 valence electrons. The van der Waals surface area contributed by atoms with Gasteiger partial charge in [-0.25, -0.2) is 0 Å². The van der Waals surface area contributed by atoms with Crippen molar-refractivity contribution in [3.05, 3.63) is 23.8 Å². The van der Waals surface area contributed by atoms with E-state index in [0.29, 0.717) is 37.6 Å². The number of Topliss-reactive ketones (excluding diaryl/α,β-unsaturated/α-hetero) is 1. The molecule has 6 heteroatoms. The van der Waals surface area contributed by atoms with Crippen LogP contribution in [0.1, 0.15) is 17.3 Å². The molecule has 6 nitrogen and oxygen atoms in total. The van der Waals surface area contributed by atoms with E-state index >= 15 is 0 Å². The van der Waals surface area contributed by atoms with Crippen molar-refractivity contribution in [1.82, 2.24) is 5.32 Å². The highest BCUT2D eigenvalue weighted by Gasteiger charge is 2.21. The topological polar surface area (TPSA) is 67.9 Å². The van der Waals surface area contributed by atoms with Crippen LogP contribution in [0.4, 0.5) is 5.69 Å². The minimum Gasteiger partial charge on any atom is -0.490 e. The zero-order valence-corrected chi connectivity index (χ0v) is 12.3. The fraction of sp³-hybridized carbons (Fsp3) is 0.467. The van der Waals surface area contributed by atoms with Gasteiger partial charge in [0.25, 0.3) is 0 Å². The summed E-state index contributed by atoms with van der Waals surface area (Å²) >= 11 is 0. The van der Waals surface area contributed by atoms with Gasteiger partial charge in [-0.15, -0.1) is 0 Å². The molecule has 0 aliphatic carbocycles. The van der Waals surface area contributed by atoms with Crippen LogP contribution in [-0.2, 0) is 9.53 Å². The van der Waals surface area contributed by atoms with Crippen molar-refractivity contribution in [1.29, 1.82) is 0 Å². The third-order valence-corrected chi connectivity index (χ3v) is 3.29. The lowest BCUT2D eigenvalue weighted by Crippen LogP contribution is -2.42. The molecule has 1 aliphatic rings. The number of hydrogen-bond acceptors (Lipinski definition) is 5. The zero-order chi connectivity index (χ0) is 15.2. The summed E-state index contributed by atoms with van der Waals surface area (Å²) in [5, 5.41) is 2.79. The predicted octanol–water partition coefficient (Wildman–Crippen LogP) is 0.851. The highest BCUT2D eigenvalue weighted by molar-refractivity contribution is 5.96. The van der Waals surface area contributed by atoms with Gasteiger partial charge >= 0.3 is 0 Å². The lowest BCUT2D eigenvalue weighted by molar-refractivity contribution is -0.120. The number of carbonyl (C=O) groups excluding carboxylic acids is 2. The molecular weight excluding hydrogens is 272 g/mol. The smallest absolute Gasteiger partial charge is 0.239 e. The summed E-state index contributed by atoms with van der Waals surface area (Å²) in [7, 11) is 1.59. The van der Waals surface area contributed by atoms with Crippen molar-refractivity contribution >= 4 is 17.4 Å². The van der Waals surface area contributed by atoms with Crippen LogP contribution in [0.3, 0.4) is 0 Å². The van der Waals surface area contributed by atoms with Crippen LogP contribution in [0.5, 0.6) is 5.75 Å². The maximum absolute atomic E-state index is 11.9. The largest absolute Gasteiger partial charge is 0.490 e. The van der Waals surface area contributed by atoms with E-state index in [9.17, 15) is 9.59 Å². The summed E-state index contributed by atoms with van der Waals surface area (Å²) in [6.07, 6.45) is 0. The molecule has 1 aliphatic heterocycles. The fourth-order valence-electron chi connectivity index (χ4n) is 2.18. The van der Waals surface area contributed by atoms with Gasteiger partial charge < -0.3 is 19.7 Å². The van der Waals surface area contributed by atoms with Crippen LogP contribution >= 0.6 is 0 Å². The Morgan fingerprint density at radius 3 is 2.95 bits per heavy atom. The number of ether oxygens (including phenoxy) is 2. The van der Waals surface area contributed by atoms with Crippen LogP contribution in [0.25, 0.3) is 0 Å². The van der Waals surface area contributed by atoms with Gasteiger partial charge in [0, 0.05) is 19.2 Å². The molecule has 0 unspecified atom stereocenters. The summed E-state index contributed by atoms with van der Waals surface area (Å²) in [5.74, 6) is 0.622. The quantitative estimate of drug-likeness (QED) is 0.622. The van der Waals surface area contributed by atoms with Crippen LogP contribution in [0.15, 0.2) is 18.2 Å². The van der Waals surface area contributed by atoms with Crippen molar-refractivity contribution in [2.75, 3.05) is 44.9 Å². The number of benzene rings is 1. The molecule has 1 aromatic rings. The van der Waals surface area contributed by atoms with Gasteiger partial charge in [-0.2, -0.15) is 0 Å². The summed E-state index contributed by atoms with van der Waals surface area (Å²) in [6.45, 7) is 3.87. The Labute approximate surface area is 124 Å². The number of carbonyl (C=O) groups is 2. The Morgan fingerprint density at radius 2 is 2.24 bits per heavy atom. The van der Waals surface area contributed by atoms with E-state index in [1.807, 2.05) is 4.90 Å². The van der Waals surface area contributed by atoms with E-state index in [1.165, 1.54) is 6.92 Å². The molecule has 0 fully saturated rings. The average Bonchev–Trinajstić information content (AvgIpc) is 2.47. The summed E-state index contributed by atoms with van der Waals surface area (Å²) in [5.41, 5.74) is 1.40. The molecule has 0 atom stereocenters. The van der Waals surface area contributed by atoms with E-state index in [1.54, 1.807) is 25.3 Å². The third kappa shape index (κ3) is 3.95. The number of ketones is 1. The first-order chi connectivity index (χ1) is 10.1. The average molecular weight is 292 g/mol. The molecule has 1 amide bonds. The number of rotatable bonds is 6. The van der Waals surface area contributed by atoms with Crippen LogP contribution in [-0.4, -0.2) is 51.6 Å². The molecule has 1 aromatic carbocycles. The molecule has 0 saturated carbocycles. The highest BCUT2D eigenvalue weighted by atomic mass is 16.5. The van der Waals surface area contributed by atoms with Gasteiger partial charge in [-0.3, -0.25) is 9.59 Å². The number of amides is 1. The number of fused-ring (bicyclic) bond motifs is 1. The van der Waals surface area contributed by atoms with Gasteiger partial charge in [0.15, 0.2) is 5.78 Å². The van der Waals surface area contributed by atoms with E-state index in [-0.39, 0.29) is 18.2 Å². The molecule has 2 rings (SSSR count). The van der Waals surface area contributed by atoms with Crippen molar-refractivity contribution in [3.63, 3.8) is 0 Å². The first-order valence-electron chi connectivity index (χ1n) is 6.90. The first kappa shape index (κ1) is 15.3. The zero-order valence-electron chi connectivity index (χ0n) is 12.3. The van der Waals surface area contributed by atoms with Crippen LogP contribution in [0.2, 0.25) is 0 Å². The summed E-state index contributed by atoms with van der Waals surface area (Å²) in [6, 6.07) is 5.30. The second-order valence-corrected chi connectivity index (χ2v) is 4.85. The normalized spacial score (nSPS) is 13.3. The SMILES string of the molecule is COCCNC(=O)CN1CCOc2ccc(C(C)=O)cc21. The van der Waals surface area contributed by atoms with Gasteiger partial charge in [0.1, 0.15) is 12.4 Å². The van der Waals surface area contributed by atoms with Crippen molar-refractivity contribution in [2.45, 2.75) is 6.92 Å². The standard InChI is InChI=1S/C15H20N2O4/c1-11(18)12-3-4-14-13(9-12)17(6-8-21-14)10-15(19)16-5-7-20-2/h3-4,9H,5-8,10H2,1-2H3,(H,16,19). The first-order valence-corrected chi connectivity index (χ1v) is 6.90. The van der Waals surface area contributed by atoms with Crippen molar-refractivity contribution in [3.8, 4) is 5.75 Å². The number of hydrogen-bond donors (Lipinski definition) is 1. The summed E-state index contributed by atoms with van der Waals surface area (Å²) < 4.78 is 10.5. The monoisotopic (exact) mass is 292 g/mol. The minimum atomic E-state index is -0.0758. The molecule has 21 heavy (non-hydrogen) atoms. The fourth-order valence-corrected chi connectivity index (χ4v) is 2.18. The highest BCUT2D eigenvalue weighted by Crippen LogP contribution is 2.32. The Morgan fingerprint density at radius 1 is 1.43 bits per heavy atom. The van der Waals surface area contributed by atoms with Crippen LogP contribution < -0.4 is 15.0 Å². The number of methoxy groups -OCH3 is 1. The lowest BCUT2D eigenvalue weighted by atomic mass is 10.1. The van der Waals surface area contributed by atoms with Crippen molar-refractivity contribution < 1.29 is 19.1 Å². The number of nitrogens with one attached hydrogen (secondary N) is 1. The molecule has 1 N–H and O–H groups in total. The Balaban J connectivity index is 2.08. The molecule has 0 spiro atoms. The second-order valence-electron chi connectivity index (χ2n) is 4.85. The molecular formula is C15H20N2O4. The maximum Gasteiger partial charge on any atom is 0.239 e. The maximum atomic E-state index is 11.9. The molecule has 0 radical (unpaired) electrons. The minimum absolute atomic E-state index is 0.00660. The number of nitrogens with zero attached hydrogens (tertiary/aromatic N) is 1. The van der Waals surface area contributed by atoms with Crippen LogP contribution in [0, 0.1) is 0 Å². The molecule has 1 heterocycles. The van der Waals surface area contributed by atoms with Crippen molar-refractivity contribution in [2.24, 2.45) is 0 Å². The van der Waals surface area contributed by atoms with Gasteiger partial charge in [0.05, 0.1) is 25.4 Å². The molecule has 0 aromatic heterocycles.